The first-order valence-electron chi connectivity index (χ1n) is 6.77. The smallest absolute Gasteiger partial charge is 0.316 e. The second-order valence-electron chi connectivity index (χ2n) is 5.10. The SMILES string of the molecule is COc1cc(NC(=O)C(C)C2CNC2)ccc1NC(N)=O.Cl. The van der Waals surface area contributed by atoms with E-state index in [1.54, 1.807) is 18.2 Å². The van der Waals surface area contributed by atoms with E-state index in [4.69, 9.17) is 10.5 Å². The fourth-order valence-corrected chi connectivity index (χ4v) is 2.14. The van der Waals surface area contributed by atoms with Crippen molar-refractivity contribution in [3.63, 3.8) is 0 Å². The summed E-state index contributed by atoms with van der Waals surface area (Å²) in [5, 5.41) is 8.47. The average Bonchev–Trinajstić information content (AvgIpc) is 2.37. The highest BCUT2D eigenvalue weighted by Gasteiger charge is 2.28. The maximum Gasteiger partial charge on any atom is 0.316 e. The number of amides is 3. The Morgan fingerprint density at radius 3 is 2.55 bits per heavy atom. The number of nitrogens with one attached hydrogen (secondary N) is 3. The lowest BCUT2D eigenvalue weighted by molar-refractivity contribution is -0.121. The Kier molecular flexibility index (Phi) is 6.45. The van der Waals surface area contributed by atoms with Gasteiger partial charge in [0.15, 0.2) is 0 Å². The number of nitrogens with two attached hydrogens (primary N) is 1. The predicted molar refractivity (Wildman–Crippen MR) is 87.6 cm³/mol. The number of rotatable bonds is 5. The third kappa shape index (κ3) is 4.25. The van der Waals surface area contributed by atoms with Crippen LogP contribution in [0.15, 0.2) is 18.2 Å². The summed E-state index contributed by atoms with van der Waals surface area (Å²) in [5.41, 5.74) is 6.15. The van der Waals surface area contributed by atoms with Crippen molar-refractivity contribution < 1.29 is 14.3 Å². The number of carbonyl (C=O) groups excluding carboxylic acids is 2. The number of hydrogen-bond donors (Lipinski definition) is 4. The molecular formula is C14H21ClN4O3. The molecule has 1 heterocycles. The van der Waals surface area contributed by atoms with Crippen molar-refractivity contribution in [3.05, 3.63) is 18.2 Å². The first-order valence-corrected chi connectivity index (χ1v) is 6.77. The molecule has 1 aliphatic rings. The van der Waals surface area contributed by atoms with Gasteiger partial charge >= 0.3 is 6.03 Å². The van der Waals surface area contributed by atoms with Gasteiger partial charge in [-0.15, -0.1) is 12.4 Å². The van der Waals surface area contributed by atoms with Gasteiger partial charge in [0.25, 0.3) is 0 Å². The van der Waals surface area contributed by atoms with Crippen LogP contribution in [0.2, 0.25) is 0 Å². The van der Waals surface area contributed by atoms with Gasteiger partial charge in [-0.05, 0) is 31.1 Å². The van der Waals surface area contributed by atoms with Crippen LogP contribution < -0.4 is 26.4 Å². The number of urea groups is 1. The van der Waals surface area contributed by atoms with Crippen molar-refractivity contribution in [2.24, 2.45) is 17.6 Å². The Hall–Kier alpha value is -1.99. The molecule has 8 heteroatoms. The second kappa shape index (κ2) is 7.86. The zero-order valence-electron chi connectivity index (χ0n) is 12.5. The first-order chi connectivity index (χ1) is 10.0. The number of ether oxygens (including phenoxy) is 1. The van der Waals surface area contributed by atoms with Crippen LogP contribution in [0.1, 0.15) is 6.92 Å². The van der Waals surface area contributed by atoms with Gasteiger partial charge in [-0.25, -0.2) is 4.79 Å². The van der Waals surface area contributed by atoms with Crippen LogP contribution in [0.5, 0.6) is 5.75 Å². The van der Waals surface area contributed by atoms with Gasteiger partial charge in [-0.1, -0.05) is 6.92 Å². The quantitative estimate of drug-likeness (QED) is 0.655. The number of halogens is 1. The van der Waals surface area contributed by atoms with E-state index in [1.165, 1.54) is 7.11 Å². The van der Waals surface area contributed by atoms with E-state index in [-0.39, 0.29) is 24.2 Å². The lowest BCUT2D eigenvalue weighted by Crippen LogP contribution is -2.48. The van der Waals surface area contributed by atoms with Gasteiger partial charge in [0, 0.05) is 17.7 Å². The van der Waals surface area contributed by atoms with Crippen molar-refractivity contribution in [1.29, 1.82) is 0 Å². The van der Waals surface area contributed by atoms with Crippen LogP contribution in [0, 0.1) is 11.8 Å². The number of benzene rings is 1. The van der Waals surface area contributed by atoms with E-state index in [9.17, 15) is 9.59 Å². The minimum absolute atomic E-state index is 0. The molecule has 1 aromatic rings. The lowest BCUT2D eigenvalue weighted by atomic mass is 9.88. The molecule has 0 radical (unpaired) electrons. The van der Waals surface area contributed by atoms with E-state index in [1.807, 2.05) is 6.92 Å². The van der Waals surface area contributed by atoms with Crippen molar-refractivity contribution in [2.75, 3.05) is 30.8 Å². The van der Waals surface area contributed by atoms with Crippen LogP contribution in [0.3, 0.4) is 0 Å². The molecule has 1 atom stereocenters. The molecule has 2 rings (SSSR count). The van der Waals surface area contributed by atoms with Crippen molar-refractivity contribution in [1.82, 2.24) is 5.32 Å². The van der Waals surface area contributed by atoms with E-state index in [0.29, 0.717) is 23.0 Å². The summed E-state index contributed by atoms with van der Waals surface area (Å²) >= 11 is 0. The zero-order valence-corrected chi connectivity index (χ0v) is 13.3. The average molecular weight is 329 g/mol. The summed E-state index contributed by atoms with van der Waals surface area (Å²) < 4.78 is 5.18. The summed E-state index contributed by atoms with van der Waals surface area (Å²) in [7, 11) is 1.48. The molecule has 1 aromatic carbocycles. The molecule has 0 bridgehead atoms. The van der Waals surface area contributed by atoms with Crippen LogP contribution in [0.25, 0.3) is 0 Å². The molecule has 1 fully saturated rings. The summed E-state index contributed by atoms with van der Waals surface area (Å²) in [5.74, 6) is 0.729. The number of hydrogen-bond acceptors (Lipinski definition) is 4. The first kappa shape index (κ1) is 18.1. The van der Waals surface area contributed by atoms with Crippen molar-refractivity contribution >= 4 is 35.7 Å². The van der Waals surface area contributed by atoms with E-state index in [0.717, 1.165) is 13.1 Å². The van der Waals surface area contributed by atoms with E-state index in [2.05, 4.69) is 16.0 Å². The predicted octanol–water partition coefficient (Wildman–Crippen LogP) is 1.40. The highest BCUT2D eigenvalue weighted by Crippen LogP contribution is 2.28. The normalized spacial score (nSPS) is 15.0. The van der Waals surface area contributed by atoms with Gasteiger partial charge < -0.3 is 26.4 Å². The second-order valence-corrected chi connectivity index (χ2v) is 5.10. The summed E-state index contributed by atoms with van der Waals surface area (Å²) in [4.78, 5) is 23.0. The van der Waals surface area contributed by atoms with Crippen LogP contribution >= 0.6 is 12.4 Å². The molecule has 0 aliphatic carbocycles. The zero-order chi connectivity index (χ0) is 15.4. The standard InChI is InChI=1S/C14H20N4O3.ClH/c1-8(9-6-16-7-9)13(19)17-10-3-4-11(18-14(15)20)12(5-10)21-2;/h3-5,8-9,16H,6-7H2,1-2H3,(H,17,19)(H3,15,18,20);1H. The van der Waals surface area contributed by atoms with Gasteiger partial charge in [0.2, 0.25) is 5.91 Å². The van der Waals surface area contributed by atoms with Gasteiger partial charge in [0.05, 0.1) is 12.8 Å². The highest BCUT2D eigenvalue weighted by molar-refractivity contribution is 5.94. The number of primary amides is 1. The van der Waals surface area contributed by atoms with Crippen molar-refractivity contribution in [3.8, 4) is 5.75 Å². The molecule has 0 spiro atoms. The molecule has 5 N–H and O–H groups in total. The molecule has 3 amide bonds. The molecule has 1 unspecified atom stereocenters. The molecule has 122 valence electrons. The minimum Gasteiger partial charge on any atom is -0.494 e. The Morgan fingerprint density at radius 2 is 2.05 bits per heavy atom. The van der Waals surface area contributed by atoms with Gasteiger partial charge in [-0.2, -0.15) is 0 Å². The minimum atomic E-state index is -0.670. The maximum absolute atomic E-state index is 12.1. The van der Waals surface area contributed by atoms with Gasteiger partial charge in [-0.3, -0.25) is 4.79 Å². The van der Waals surface area contributed by atoms with Crippen LogP contribution in [-0.2, 0) is 4.79 Å². The van der Waals surface area contributed by atoms with E-state index < -0.39 is 6.03 Å². The third-order valence-electron chi connectivity index (χ3n) is 3.66. The Balaban J connectivity index is 0.00000242. The Labute approximate surface area is 135 Å². The fourth-order valence-electron chi connectivity index (χ4n) is 2.14. The summed E-state index contributed by atoms with van der Waals surface area (Å²) in [6.45, 7) is 3.67. The molecule has 1 saturated heterocycles. The van der Waals surface area contributed by atoms with Crippen LogP contribution in [0.4, 0.5) is 16.2 Å². The Bertz CT molecular complexity index is 549. The lowest BCUT2D eigenvalue weighted by Gasteiger charge is -2.31. The number of methoxy groups -OCH3 is 1. The topological polar surface area (TPSA) is 105 Å². The Morgan fingerprint density at radius 1 is 1.36 bits per heavy atom. The molecule has 1 aliphatic heterocycles. The van der Waals surface area contributed by atoms with Gasteiger partial charge in [0.1, 0.15) is 5.75 Å². The molecule has 0 saturated carbocycles. The maximum atomic E-state index is 12.1. The number of carbonyl (C=O) groups is 2. The number of anilines is 2. The fraction of sp³-hybridized carbons (Fsp3) is 0.429. The highest BCUT2D eigenvalue weighted by atomic mass is 35.5. The van der Waals surface area contributed by atoms with Crippen LogP contribution in [-0.4, -0.2) is 32.1 Å². The monoisotopic (exact) mass is 328 g/mol. The third-order valence-corrected chi connectivity index (χ3v) is 3.66. The molecule has 0 aromatic heterocycles. The molecular weight excluding hydrogens is 308 g/mol. The largest absolute Gasteiger partial charge is 0.494 e. The molecule has 7 nitrogen and oxygen atoms in total. The van der Waals surface area contributed by atoms with E-state index >= 15 is 0 Å². The summed E-state index contributed by atoms with van der Waals surface area (Å²) in [6, 6.07) is 4.30. The van der Waals surface area contributed by atoms with Crippen molar-refractivity contribution in [2.45, 2.75) is 6.92 Å². The molecule has 22 heavy (non-hydrogen) atoms. The summed E-state index contributed by atoms with van der Waals surface area (Å²) in [6.07, 6.45) is 0.